The first-order chi connectivity index (χ1) is 7.86. The Kier molecular flexibility index (Phi) is 14.4. The van der Waals surface area contributed by atoms with E-state index in [0.29, 0.717) is 0 Å². The predicted molar refractivity (Wildman–Crippen MR) is 86.9 cm³/mol. The van der Waals surface area contributed by atoms with Gasteiger partial charge in [0.1, 0.15) is 0 Å². The summed E-state index contributed by atoms with van der Waals surface area (Å²) < 4.78 is 0. The van der Waals surface area contributed by atoms with Crippen molar-refractivity contribution in [2.45, 2.75) is 26.7 Å². The zero-order valence-electron chi connectivity index (χ0n) is 12.2. The van der Waals surface area contributed by atoms with Crippen LogP contribution in [0.3, 0.4) is 0 Å². The van der Waals surface area contributed by atoms with E-state index in [0.717, 1.165) is 12.8 Å². The smallest absolute Gasteiger partial charge is 1.00 e. The zero-order chi connectivity index (χ0) is 11.6. The van der Waals surface area contributed by atoms with Crippen LogP contribution in [0.2, 0.25) is 0 Å². The minimum atomic E-state index is 0. The van der Waals surface area contributed by atoms with Crippen molar-refractivity contribution >= 4 is 17.4 Å². The van der Waals surface area contributed by atoms with Crippen LogP contribution >= 0.6 is 0 Å². The van der Waals surface area contributed by atoms with Crippen molar-refractivity contribution in [1.29, 1.82) is 0 Å². The van der Waals surface area contributed by atoms with Crippen molar-refractivity contribution < 1.29 is 23.1 Å². The molecule has 18 heavy (non-hydrogen) atoms. The van der Waals surface area contributed by atoms with Crippen LogP contribution in [0.25, 0.3) is 0 Å². The molecule has 0 aliphatic heterocycles. The van der Waals surface area contributed by atoms with Gasteiger partial charge in [-0.25, -0.2) is 0 Å². The van der Waals surface area contributed by atoms with Crippen LogP contribution in [-0.2, 0) is 12.8 Å². The van der Waals surface area contributed by atoms with E-state index in [1.165, 1.54) is 11.1 Å². The van der Waals surface area contributed by atoms with Gasteiger partial charge in [-0.3, -0.25) is 0 Å². The molecular formula is C16H28AlLi. The van der Waals surface area contributed by atoms with Gasteiger partial charge in [0.15, 0.2) is 17.4 Å². The molecule has 0 spiro atoms. The standard InChI is InChI=1S/2C8H10.Al.Li.2H2.4H/c2*1-2-8-6-4-3-5-7-8;;;;;;;;/h2*3-7H,2H2,1H3;;;2*1H;;;;/q;;;+1;;;;;;-1. The molecule has 0 nitrogen and oxygen atoms in total. The van der Waals surface area contributed by atoms with Gasteiger partial charge in [0.05, 0.1) is 0 Å². The van der Waals surface area contributed by atoms with Crippen LogP contribution in [0.15, 0.2) is 60.7 Å². The minimum absolute atomic E-state index is 0. The molecule has 0 aliphatic rings. The summed E-state index contributed by atoms with van der Waals surface area (Å²) in [7, 11) is 0. The molecule has 96 valence electrons. The summed E-state index contributed by atoms with van der Waals surface area (Å²) in [6.07, 6.45) is 2.28. The Hall–Kier alpha value is -0.430. The Morgan fingerprint density at radius 3 is 1.17 bits per heavy atom. The van der Waals surface area contributed by atoms with Crippen molar-refractivity contribution in [2.24, 2.45) is 0 Å². The molecular weight excluding hydrogens is 226 g/mol. The van der Waals surface area contributed by atoms with Gasteiger partial charge in [0, 0.05) is 2.85 Å². The van der Waals surface area contributed by atoms with Crippen LogP contribution in [-0.4, -0.2) is 17.4 Å². The Morgan fingerprint density at radius 2 is 1.00 bits per heavy atom. The van der Waals surface area contributed by atoms with Crippen molar-refractivity contribution in [2.75, 3.05) is 0 Å². The predicted octanol–water partition coefficient (Wildman–Crippen LogP) is 0.923. The molecule has 0 saturated carbocycles. The normalized spacial score (nSPS) is 8.11. The molecule has 0 radical (unpaired) electrons. The SMILES string of the molecule is CCc1ccccc1.CCc1ccccc1.[AlH3].[H-].[HH].[HH].[Li+]. The average molecular weight is 254 g/mol. The van der Waals surface area contributed by atoms with Gasteiger partial charge < -0.3 is 1.43 Å². The van der Waals surface area contributed by atoms with E-state index in [-0.39, 0.29) is 40.5 Å². The van der Waals surface area contributed by atoms with Gasteiger partial charge in [0.2, 0.25) is 0 Å². The van der Waals surface area contributed by atoms with E-state index >= 15 is 0 Å². The number of benzene rings is 2. The third-order valence-electron chi connectivity index (χ3n) is 2.50. The maximum absolute atomic E-state index is 2.16. The fraction of sp³-hybridized carbons (Fsp3) is 0.250. The maximum atomic E-state index is 2.16. The summed E-state index contributed by atoms with van der Waals surface area (Å²) in [5.41, 5.74) is 2.82. The first-order valence-electron chi connectivity index (χ1n) is 5.94. The first-order valence-corrected chi connectivity index (χ1v) is 5.94. The van der Waals surface area contributed by atoms with E-state index in [1.807, 2.05) is 12.1 Å². The third-order valence-corrected chi connectivity index (χ3v) is 2.50. The monoisotopic (exact) mass is 254 g/mol. The molecule has 0 saturated heterocycles. The third kappa shape index (κ3) is 8.63. The van der Waals surface area contributed by atoms with E-state index in [1.54, 1.807) is 0 Å². The van der Waals surface area contributed by atoms with Crippen LogP contribution in [0.1, 0.15) is 29.3 Å². The summed E-state index contributed by atoms with van der Waals surface area (Å²) in [6.45, 7) is 4.32. The fourth-order valence-corrected chi connectivity index (χ4v) is 1.43. The Bertz CT molecular complexity index is 346. The number of rotatable bonds is 2. The minimum Gasteiger partial charge on any atom is -1.00 e. The molecule has 0 bridgehead atoms. The van der Waals surface area contributed by atoms with Gasteiger partial charge in [-0.15, -0.1) is 0 Å². The topological polar surface area (TPSA) is 0 Å². The molecule has 2 rings (SSSR count). The van der Waals surface area contributed by atoms with Gasteiger partial charge >= 0.3 is 18.9 Å². The molecule has 2 aromatic carbocycles. The summed E-state index contributed by atoms with van der Waals surface area (Å²) in [6, 6.07) is 20.9. The van der Waals surface area contributed by atoms with Crippen molar-refractivity contribution in [1.82, 2.24) is 0 Å². The first kappa shape index (κ1) is 19.9. The molecule has 0 fully saturated rings. The van der Waals surface area contributed by atoms with Gasteiger partial charge in [-0.05, 0) is 24.0 Å². The fourth-order valence-electron chi connectivity index (χ4n) is 1.43. The molecule has 0 N–H and O–H groups in total. The molecule has 0 aromatic heterocycles. The molecule has 2 heteroatoms. The summed E-state index contributed by atoms with van der Waals surface area (Å²) in [4.78, 5) is 0. The molecule has 0 amide bonds. The Morgan fingerprint density at radius 1 is 0.722 bits per heavy atom. The zero-order valence-corrected chi connectivity index (χ0v) is 11.2. The second kappa shape index (κ2) is 13.0. The second-order valence-electron chi connectivity index (χ2n) is 3.68. The van der Waals surface area contributed by atoms with Gasteiger partial charge in [-0.2, -0.15) is 0 Å². The molecule has 2 aromatic rings. The van der Waals surface area contributed by atoms with E-state index in [2.05, 4.69) is 62.4 Å². The maximum Gasteiger partial charge on any atom is 1.00 e. The van der Waals surface area contributed by atoms with Crippen molar-refractivity contribution in [3.63, 3.8) is 0 Å². The van der Waals surface area contributed by atoms with Crippen LogP contribution in [0.5, 0.6) is 0 Å². The number of aryl methyl sites for hydroxylation is 2. The average Bonchev–Trinajstić information content (AvgIpc) is 2.41. The quantitative estimate of drug-likeness (QED) is 0.699. The number of hydrogen-bond donors (Lipinski definition) is 0. The van der Waals surface area contributed by atoms with Crippen LogP contribution < -0.4 is 18.9 Å². The Labute approximate surface area is 139 Å². The van der Waals surface area contributed by atoms with Gasteiger partial charge in [-0.1, -0.05) is 74.5 Å². The Balaban J connectivity index is -0.0000000656. The van der Waals surface area contributed by atoms with Crippen LogP contribution in [0, 0.1) is 0 Å². The van der Waals surface area contributed by atoms with E-state index < -0.39 is 0 Å². The van der Waals surface area contributed by atoms with E-state index in [9.17, 15) is 0 Å². The van der Waals surface area contributed by atoms with E-state index in [4.69, 9.17) is 0 Å². The molecule has 0 atom stereocenters. The molecule has 0 heterocycles. The molecule has 0 unspecified atom stereocenters. The largest absolute Gasteiger partial charge is 1.00 e. The van der Waals surface area contributed by atoms with Crippen molar-refractivity contribution in [3.8, 4) is 0 Å². The van der Waals surface area contributed by atoms with Crippen molar-refractivity contribution in [3.05, 3.63) is 71.8 Å². The summed E-state index contributed by atoms with van der Waals surface area (Å²) in [5.74, 6) is 0. The van der Waals surface area contributed by atoms with Gasteiger partial charge in [0.25, 0.3) is 0 Å². The number of hydrogen-bond acceptors (Lipinski definition) is 0. The summed E-state index contributed by atoms with van der Waals surface area (Å²) >= 11 is 0. The molecule has 0 aliphatic carbocycles. The van der Waals surface area contributed by atoms with Crippen LogP contribution in [0.4, 0.5) is 0 Å². The second-order valence-corrected chi connectivity index (χ2v) is 3.68. The summed E-state index contributed by atoms with van der Waals surface area (Å²) in [5, 5.41) is 0.